The zero-order chi connectivity index (χ0) is 27.3. The van der Waals surface area contributed by atoms with E-state index in [1.807, 2.05) is 60.7 Å². The number of hydrogen-bond donors (Lipinski definition) is 0. The number of esters is 1. The summed E-state index contributed by atoms with van der Waals surface area (Å²) in [5.41, 5.74) is 1.97. The normalized spacial score (nSPS) is 20.2. The number of benzene rings is 2. The van der Waals surface area contributed by atoms with Gasteiger partial charge in [-0.3, -0.25) is 14.4 Å². The molecule has 0 spiro atoms. The Bertz CT molecular complexity index is 961. The third-order valence-electron chi connectivity index (χ3n) is 7.82. The third-order valence-corrected chi connectivity index (χ3v) is 7.82. The van der Waals surface area contributed by atoms with E-state index in [0.717, 1.165) is 43.2 Å². The fourth-order valence-corrected chi connectivity index (χ4v) is 5.43. The molecular weight excluding hydrogens is 474 g/mol. The van der Waals surface area contributed by atoms with E-state index < -0.39 is 5.92 Å². The predicted octanol–water partition coefficient (Wildman–Crippen LogP) is 7.74. The molecule has 1 amide bonds. The molecule has 0 radical (unpaired) electrons. The van der Waals surface area contributed by atoms with Crippen molar-refractivity contribution in [2.75, 3.05) is 0 Å². The number of nitrogens with zero attached hydrogens (tertiary/aromatic N) is 1. The molecule has 4 atom stereocenters. The molecule has 0 unspecified atom stereocenters. The molecule has 1 aliphatic rings. The molecule has 0 aromatic heterocycles. The zero-order valence-electron chi connectivity index (χ0n) is 23.8. The van der Waals surface area contributed by atoms with Crippen molar-refractivity contribution in [3.63, 3.8) is 0 Å². The minimum Gasteiger partial charge on any atom is -0.462 e. The van der Waals surface area contributed by atoms with Crippen LogP contribution in [0.2, 0.25) is 0 Å². The second-order valence-electron chi connectivity index (χ2n) is 11.4. The van der Waals surface area contributed by atoms with Gasteiger partial charge in [-0.25, -0.2) is 5.06 Å². The molecule has 2 aromatic rings. The standard InChI is InChI=1S/C33H47NO4/c1-5-6-9-18-29(33(36)38-31-21-26(4)19-20-30(31)25(2)3)22-32(35)34(23-27-14-10-7-11-15-27)37-24-28-16-12-8-13-17-28/h7-8,10-17,25-26,29-31H,5-6,9,18-24H2,1-4H3/t26-,29+,30+,31-/m1/s1. The van der Waals surface area contributed by atoms with Crippen LogP contribution in [0.15, 0.2) is 60.7 Å². The summed E-state index contributed by atoms with van der Waals surface area (Å²) in [6.45, 7) is 9.45. The molecule has 0 saturated heterocycles. The van der Waals surface area contributed by atoms with Crippen molar-refractivity contribution in [3.8, 4) is 0 Å². The van der Waals surface area contributed by atoms with Crippen LogP contribution in [0.3, 0.4) is 0 Å². The molecule has 0 aliphatic heterocycles. The van der Waals surface area contributed by atoms with Gasteiger partial charge in [0.15, 0.2) is 0 Å². The first-order valence-corrected chi connectivity index (χ1v) is 14.6. The molecule has 208 valence electrons. The van der Waals surface area contributed by atoms with Crippen LogP contribution in [0.25, 0.3) is 0 Å². The Morgan fingerprint density at radius 1 is 0.947 bits per heavy atom. The maximum absolute atomic E-state index is 13.6. The van der Waals surface area contributed by atoms with Crippen LogP contribution in [-0.2, 0) is 32.3 Å². The Morgan fingerprint density at radius 2 is 1.61 bits per heavy atom. The lowest BCUT2D eigenvalue weighted by atomic mass is 9.75. The highest BCUT2D eigenvalue weighted by molar-refractivity contribution is 5.82. The first kappa shape index (κ1) is 29.9. The van der Waals surface area contributed by atoms with Gasteiger partial charge in [0.25, 0.3) is 0 Å². The Kier molecular flexibility index (Phi) is 12.3. The molecule has 38 heavy (non-hydrogen) atoms. The first-order chi connectivity index (χ1) is 18.4. The summed E-state index contributed by atoms with van der Waals surface area (Å²) in [7, 11) is 0. The molecular formula is C33H47NO4. The second-order valence-corrected chi connectivity index (χ2v) is 11.4. The van der Waals surface area contributed by atoms with Crippen molar-refractivity contribution >= 4 is 11.9 Å². The van der Waals surface area contributed by atoms with E-state index in [2.05, 4.69) is 27.7 Å². The molecule has 1 aliphatic carbocycles. The van der Waals surface area contributed by atoms with Gasteiger partial charge < -0.3 is 4.74 Å². The average Bonchev–Trinajstić information content (AvgIpc) is 2.91. The van der Waals surface area contributed by atoms with Crippen molar-refractivity contribution in [1.82, 2.24) is 5.06 Å². The van der Waals surface area contributed by atoms with Gasteiger partial charge in [0.05, 0.1) is 12.5 Å². The fourth-order valence-electron chi connectivity index (χ4n) is 5.43. The number of ether oxygens (including phenoxy) is 1. The summed E-state index contributed by atoms with van der Waals surface area (Å²) in [6, 6.07) is 19.7. The van der Waals surface area contributed by atoms with Gasteiger partial charge >= 0.3 is 5.97 Å². The molecule has 0 bridgehead atoms. The lowest BCUT2D eigenvalue weighted by Crippen LogP contribution is -2.39. The van der Waals surface area contributed by atoms with Crippen molar-refractivity contribution < 1.29 is 19.2 Å². The first-order valence-electron chi connectivity index (χ1n) is 14.6. The number of carbonyl (C=O) groups excluding carboxylic acids is 2. The van der Waals surface area contributed by atoms with Gasteiger partial charge in [-0.05, 0) is 48.1 Å². The maximum Gasteiger partial charge on any atom is 0.309 e. The van der Waals surface area contributed by atoms with Crippen LogP contribution in [-0.4, -0.2) is 23.0 Å². The van der Waals surface area contributed by atoms with Crippen LogP contribution < -0.4 is 0 Å². The number of rotatable bonds is 14. The van der Waals surface area contributed by atoms with E-state index in [0.29, 0.717) is 37.3 Å². The SMILES string of the molecule is CCCCC[C@@H](CC(=O)N(Cc1ccccc1)OCc1ccccc1)C(=O)O[C@@H]1C[C@H](C)CC[C@H]1C(C)C. The highest BCUT2D eigenvalue weighted by atomic mass is 16.7. The fraction of sp³-hybridized carbons (Fsp3) is 0.576. The molecule has 3 rings (SSSR count). The van der Waals surface area contributed by atoms with Crippen LogP contribution in [0.5, 0.6) is 0 Å². The highest BCUT2D eigenvalue weighted by Crippen LogP contribution is 2.36. The van der Waals surface area contributed by atoms with Gasteiger partial charge in [0.2, 0.25) is 5.91 Å². The number of unbranched alkanes of at least 4 members (excludes halogenated alkanes) is 2. The van der Waals surface area contributed by atoms with Crippen molar-refractivity contribution in [2.45, 2.75) is 98.3 Å². The van der Waals surface area contributed by atoms with Gasteiger partial charge in [0, 0.05) is 6.42 Å². The predicted molar refractivity (Wildman–Crippen MR) is 152 cm³/mol. The number of hydrogen-bond acceptors (Lipinski definition) is 4. The Morgan fingerprint density at radius 3 is 2.24 bits per heavy atom. The van der Waals surface area contributed by atoms with Crippen molar-refractivity contribution in [3.05, 3.63) is 71.8 Å². The summed E-state index contributed by atoms with van der Waals surface area (Å²) >= 11 is 0. The van der Waals surface area contributed by atoms with Crippen molar-refractivity contribution in [1.29, 1.82) is 0 Å². The van der Waals surface area contributed by atoms with Crippen LogP contribution in [0, 0.1) is 23.7 Å². The quantitative estimate of drug-likeness (QED) is 0.145. The van der Waals surface area contributed by atoms with E-state index in [-0.39, 0.29) is 24.4 Å². The van der Waals surface area contributed by atoms with Gasteiger partial charge in [-0.2, -0.15) is 0 Å². The minimum atomic E-state index is -0.460. The van der Waals surface area contributed by atoms with Crippen LogP contribution in [0.1, 0.15) is 90.2 Å². The van der Waals surface area contributed by atoms with E-state index in [4.69, 9.17) is 9.57 Å². The lowest BCUT2D eigenvalue weighted by Gasteiger charge is -2.37. The van der Waals surface area contributed by atoms with Gasteiger partial charge in [-0.1, -0.05) is 114 Å². The van der Waals surface area contributed by atoms with E-state index in [1.165, 1.54) is 11.5 Å². The Balaban J connectivity index is 1.72. The summed E-state index contributed by atoms with van der Waals surface area (Å²) in [4.78, 5) is 33.2. The number of carbonyl (C=O) groups is 2. The molecule has 5 nitrogen and oxygen atoms in total. The summed E-state index contributed by atoms with van der Waals surface area (Å²) < 4.78 is 6.21. The number of amides is 1. The second kappa shape index (κ2) is 15.7. The van der Waals surface area contributed by atoms with Crippen LogP contribution in [0.4, 0.5) is 0 Å². The monoisotopic (exact) mass is 521 g/mol. The maximum atomic E-state index is 13.6. The Hall–Kier alpha value is -2.66. The van der Waals surface area contributed by atoms with Crippen LogP contribution >= 0.6 is 0 Å². The minimum absolute atomic E-state index is 0.0650. The topological polar surface area (TPSA) is 55.8 Å². The molecule has 1 saturated carbocycles. The largest absolute Gasteiger partial charge is 0.462 e. The lowest BCUT2D eigenvalue weighted by molar-refractivity contribution is -0.198. The van der Waals surface area contributed by atoms with Gasteiger partial charge in [0.1, 0.15) is 12.7 Å². The summed E-state index contributed by atoms with van der Waals surface area (Å²) in [5, 5.41) is 1.43. The number of hydroxylamine groups is 2. The summed E-state index contributed by atoms with van der Waals surface area (Å²) in [6.07, 6.45) is 6.87. The Labute approximate surface area is 229 Å². The van der Waals surface area contributed by atoms with E-state index in [9.17, 15) is 9.59 Å². The molecule has 5 heteroatoms. The van der Waals surface area contributed by atoms with E-state index >= 15 is 0 Å². The smallest absolute Gasteiger partial charge is 0.309 e. The average molecular weight is 522 g/mol. The highest BCUT2D eigenvalue weighted by Gasteiger charge is 2.36. The summed E-state index contributed by atoms with van der Waals surface area (Å²) in [5.74, 6) is 0.537. The van der Waals surface area contributed by atoms with E-state index in [1.54, 1.807) is 0 Å². The van der Waals surface area contributed by atoms with Gasteiger partial charge in [-0.15, -0.1) is 0 Å². The molecule has 1 fully saturated rings. The third kappa shape index (κ3) is 9.58. The molecule has 0 heterocycles. The molecule has 2 aromatic carbocycles. The molecule has 0 N–H and O–H groups in total. The zero-order valence-corrected chi connectivity index (χ0v) is 23.8. The van der Waals surface area contributed by atoms with Crippen molar-refractivity contribution in [2.24, 2.45) is 23.7 Å².